The van der Waals surface area contributed by atoms with Crippen LogP contribution >= 0.6 is 0 Å². The Kier molecular flexibility index (Phi) is 4.29. The predicted octanol–water partition coefficient (Wildman–Crippen LogP) is 3.89. The topological polar surface area (TPSA) is 88.1 Å². The molecular weight excluding hydrogens is 412 g/mol. The van der Waals surface area contributed by atoms with E-state index in [0.29, 0.717) is 41.4 Å². The van der Waals surface area contributed by atoms with E-state index in [1.54, 1.807) is 12.1 Å². The number of rotatable bonds is 2. The van der Waals surface area contributed by atoms with E-state index in [4.69, 9.17) is 18.9 Å². The van der Waals surface area contributed by atoms with Gasteiger partial charge >= 0.3 is 17.9 Å². The van der Waals surface area contributed by atoms with Crippen LogP contribution in [0.3, 0.4) is 0 Å². The number of hydrogen-bond acceptors (Lipinski definition) is 7. The van der Waals surface area contributed by atoms with Crippen LogP contribution in [0.2, 0.25) is 0 Å². The normalized spacial score (nSPS) is 40.6. The highest BCUT2D eigenvalue weighted by atomic mass is 16.6. The summed E-state index contributed by atoms with van der Waals surface area (Å²) in [5, 5.41) is 0. The van der Waals surface area contributed by atoms with Crippen LogP contribution in [-0.4, -0.2) is 24.5 Å². The van der Waals surface area contributed by atoms with E-state index in [1.165, 1.54) is 13.8 Å². The molecule has 7 nitrogen and oxygen atoms in total. The number of benzene rings is 1. The molecule has 5 aliphatic rings. The molecule has 2 bridgehead atoms. The highest BCUT2D eigenvalue weighted by Crippen LogP contribution is 2.75. The maximum atomic E-state index is 13.0. The van der Waals surface area contributed by atoms with Crippen LogP contribution in [0.5, 0.6) is 11.5 Å². The summed E-state index contributed by atoms with van der Waals surface area (Å²) in [5.74, 6) is 0.894. The Morgan fingerprint density at radius 2 is 1.72 bits per heavy atom. The van der Waals surface area contributed by atoms with E-state index in [-0.39, 0.29) is 29.3 Å². The summed E-state index contributed by atoms with van der Waals surface area (Å²) in [6.07, 6.45) is 3.02. The van der Waals surface area contributed by atoms with Crippen LogP contribution in [-0.2, 0) is 23.9 Å². The summed E-state index contributed by atoms with van der Waals surface area (Å²) >= 11 is 0. The largest absolute Gasteiger partial charge is 0.457 e. The molecular formula is C25H28O7. The zero-order chi connectivity index (χ0) is 22.4. The number of carbonyl (C=O) groups is 3. The van der Waals surface area contributed by atoms with E-state index in [0.717, 1.165) is 31.2 Å². The minimum absolute atomic E-state index is 0.0246. The first-order valence-electron chi connectivity index (χ1n) is 11.7. The first-order valence-corrected chi connectivity index (χ1v) is 11.7. The molecule has 8 atom stereocenters. The van der Waals surface area contributed by atoms with Crippen LogP contribution in [0.25, 0.3) is 0 Å². The van der Waals surface area contributed by atoms with Crippen LogP contribution in [0.1, 0.15) is 69.8 Å². The van der Waals surface area contributed by atoms with Gasteiger partial charge in [-0.25, -0.2) is 0 Å². The first-order chi connectivity index (χ1) is 15.3. The number of carbonyl (C=O) groups excluding carboxylic acids is 3. The zero-order valence-corrected chi connectivity index (χ0v) is 18.6. The third kappa shape index (κ3) is 2.49. The maximum Gasteiger partial charge on any atom is 0.310 e. The molecule has 0 N–H and O–H groups in total. The quantitative estimate of drug-likeness (QED) is 0.509. The fraction of sp³-hybridized carbons (Fsp3) is 0.640. The molecule has 2 saturated carbocycles. The molecule has 32 heavy (non-hydrogen) atoms. The Labute approximate surface area is 186 Å². The molecule has 0 aromatic heterocycles. The molecule has 8 unspecified atom stereocenters. The van der Waals surface area contributed by atoms with Gasteiger partial charge in [-0.05, 0) is 55.6 Å². The van der Waals surface area contributed by atoms with Gasteiger partial charge in [0.15, 0.2) is 0 Å². The SMILES string of the molecule is CC(=O)Oc1ccc(OC(C)=O)c2c1C1OC(=O)C3CCC4C5CCC4(C2OCC5C)C31. The predicted molar refractivity (Wildman–Crippen MR) is 111 cm³/mol. The lowest BCUT2D eigenvalue weighted by Gasteiger charge is -2.55. The summed E-state index contributed by atoms with van der Waals surface area (Å²) in [6.45, 7) is 5.58. The Hall–Kier alpha value is -2.41. The summed E-state index contributed by atoms with van der Waals surface area (Å²) in [5.41, 5.74) is 1.11. The average molecular weight is 440 g/mol. The molecule has 0 radical (unpaired) electrons. The lowest BCUT2D eigenvalue weighted by Crippen LogP contribution is -2.51. The molecule has 1 aromatic carbocycles. The van der Waals surface area contributed by atoms with Crippen molar-refractivity contribution in [3.63, 3.8) is 0 Å². The number of fused-ring (bicyclic) bond motifs is 3. The molecule has 7 heteroatoms. The number of hydrogen-bond donors (Lipinski definition) is 0. The van der Waals surface area contributed by atoms with Gasteiger partial charge in [0.05, 0.1) is 18.6 Å². The van der Waals surface area contributed by atoms with Gasteiger partial charge < -0.3 is 18.9 Å². The van der Waals surface area contributed by atoms with Gasteiger partial charge in [-0.15, -0.1) is 0 Å². The Morgan fingerprint density at radius 1 is 1.03 bits per heavy atom. The molecule has 1 aromatic rings. The van der Waals surface area contributed by atoms with Crippen molar-refractivity contribution in [2.45, 2.75) is 58.7 Å². The monoisotopic (exact) mass is 440 g/mol. The molecule has 2 aliphatic heterocycles. The van der Waals surface area contributed by atoms with Crippen molar-refractivity contribution >= 4 is 17.9 Å². The second-order valence-corrected chi connectivity index (χ2v) is 10.3. The molecule has 1 spiro atoms. The highest BCUT2D eigenvalue weighted by molar-refractivity contribution is 5.78. The molecule has 2 saturated heterocycles. The minimum Gasteiger partial charge on any atom is -0.457 e. The van der Waals surface area contributed by atoms with Gasteiger partial charge in [-0.2, -0.15) is 0 Å². The molecule has 2 heterocycles. The van der Waals surface area contributed by atoms with E-state index in [9.17, 15) is 14.4 Å². The van der Waals surface area contributed by atoms with Crippen molar-refractivity contribution in [1.29, 1.82) is 0 Å². The van der Waals surface area contributed by atoms with E-state index in [1.807, 2.05) is 0 Å². The zero-order valence-electron chi connectivity index (χ0n) is 18.6. The van der Waals surface area contributed by atoms with Gasteiger partial charge in [0.1, 0.15) is 17.6 Å². The second kappa shape index (κ2) is 6.80. The van der Waals surface area contributed by atoms with Crippen molar-refractivity contribution in [2.75, 3.05) is 6.61 Å². The molecule has 6 rings (SSSR count). The molecule has 4 fully saturated rings. The van der Waals surface area contributed by atoms with Gasteiger partial charge in [-0.3, -0.25) is 14.4 Å². The fourth-order valence-electron chi connectivity index (χ4n) is 8.00. The van der Waals surface area contributed by atoms with Crippen molar-refractivity contribution in [2.24, 2.45) is 35.0 Å². The standard InChI is InChI=1S/C25H28O7/c1-11-10-29-23-20-18(31-13(3)27)7-6-17(30-12(2)26)19(20)22-21-15(24(28)32-22)4-5-16-14(11)8-9-25(16,21)23/h6-7,11,14-16,21-23H,4-5,8-10H2,1-3H3. The third-order valence-corrected chi connectivity index (χ3v) is 8.84. The van der Waals surface area contributed by atoms with Gasteiger partial charge in [0, 0.05) is 36.3 Å². The maximum absolute atomic E-state index is 13.0. The smallest absolute Gasteiger partial charge is 0.310 e. The van der Waals surface area contributed by atoms with Gasteiger partial charge in [0.2, 0.25) is 0 Å². The van der Waals surface area contributed by atoms with E-state index >= 15 is 0 Å². The van der Waals surface area contributed by atoms with Crippen LogP contribution in [0.15, 0.2) is 12.1 Å². The second-order valence-electron chi connectivity index (χ2n) is 10.3. The van der Waals surface area contributed by atoms with E-state index in [2.05, 4.69) is 6.92 Å². The molecule has 170 valence electrons. The fourth-order valence-corrected chi connectivity index (χ4v) is 8.00. The summed E-state index contributed by atoms with van der Waals surface area (Å²) < 4.78 is 23.9. The van der Waals surface area contributed by atoms with Crippen LogP contribution in [0, 0.1) is 35.0 Å². The lowest BCUT2D eigenvalue weighted by atomic mass is 9.49. The average Bonchev–Trinajstić information content (AvgIpc) is 3.23. The van der Waals surface area contributed by atoms with Crippen LogP contribution < -0.4 is 9.47 Å². The van der Waals surface area contributed by atoms with Gasteiger partial charge in [-0.1, -0.05) is 6.92 Å². The van der Waals surface area contributed by atoms with Crippen molar-refractivity contribution < 1.29 is 33.3 Å². The number of esters is 3. The Bertz CT molecular complexity index is 1030. The Balaban J connectivity index is 1.64. The summed E-state index contributed by atoms with van der Waals surface area (Å²) in [4.78, 5) is 36.9. The highest BCUT2D eigenvalue weighted by Gasteiger charge is 2.72. The molecule has 3 aliphatic carbocycles. The van der Waals surface area contributed by atoms with Crippen molar-refractivity contribution in [1.82, 2.24) is 0 Å². The lowest BCUT2D eigenvalue weighted by molar-refractivity contribution is -0.145. The summed E-state index contributed by atoms with van der Waals surface area (Å²) in [6, 6.07) is 3.31. The summed E-state index contributed by atoms with van der Waals surface area (Å²) in [7, 11) is 0. The Morgan fingerprint density at radius 3 is 2.41 bits per heavy atom. The molecule has 0 amide bonds. The van der Waals surface area contributed by atoms with Gasteiger partial charge in [0.25, 0.3) is 0 Å². The first kappa shape index (κ1) is 20.2. The van der Waals surface area contributed by atoms with Crippen molar-refractivity contribution in [3.8, 4) is 11.5 Å². The minimum atomic E-state index is -0.526. The van der Waals surface area contributed by atoms with Crippen LogP contribution in [0.4, 0.5) is 0 Å². The van der Waals surface area contributed by atoms with Crippen molar-refractivity contribution in [3.05, 3.63) is 23.3 Å². The van der Waals surface area contributed by atoms with E-state index < -0.39 is 18.0 Å². The number of ether oxygens (including phenoxy) is 4. The third-order valence-electron chi connectivity index (χ3n) is 8.84.